The minimum Gasteiger partial charge on any atom is -0.468 e. The molecule has 0 bridgehead atoms. The van der Waals surface area contributed by atoms with Crippen molar-refractivity contribution in [2.24, 2.45) is 5.41 Å². The zero-order chi connectivity index (χ0) is 17.9. The number of hydrogen-bond acceptors (Lipinski definition) is 5. The van der Waals surface area contributed by atoms with Crippen LogP contribution in [0.3, 0.4) is 0 Å². The molecule has 7 heteroatoms. The summed E-state index contributed by atoms with van der Waals surface area (Å²) in [6, 6.07) is 7.81. The van der Waals surface area contributed by atoms with E-state index in [2.05, 4.69) is 0 Å². The van der Waals surface area contributed by atoms with Gasteiger partial charge >= 0.3 is 5.97 Å². The molecular formula is C17H10Cl2N2O3. The molecule has 1 unspecified atom stereocenters. The summed E-state index contributed by atoms with van der Waals surface area (Å²) in [6.45, 7) is 0. The monoisotopic (exact) mass is 360 g/mol. The summed E-state index contributed by atoms with van der Waals surface area (Å²) in [7, 11) is 1.14. The summed E-state index contributed by atoms with van der Waals surface area (Å²) in [5.74, 6) is -1.42. The van der Waals surface area contributed by atoms with E-state index in [0.29, 0.717) is 0 Å². The Bertz CT molecular complexity index is 839. The fourth-order valence-electron chi connectivity index (χ4n) is 2.71. The number of carbonyl (C=O) groups is 2. The molecule has 0 spiro atoms. The SMILES string of the molecule is COC(=O)C1(C(=C(C#N)C#N)c2cc(Cl)cc(Cl)c2)CC=CC1=O. The van der Waals surface area contributed by atoms with E-state index in [-0.39, 0.29) is 33.2 Å². The summed E-state index contributed by atoms with van der Waals surface area (Å²) >= 11 is 12.0. The van der Waals surface area contributed by atoms with Gasteiger partial charge in [-0.3, -0.25) is 9.59 Å². The first-order valence-corrected chi connectivity index (χ1v) is 7.47. The fourth-order valence-corrected chi connectivity index (χ4v) is 3.24. The molecule has 0 N–H and O–H groups in total. The number of allylic oxidation sites excluding steroid dienone is 3. The third-order valence-corrected chi connectivity index (χ3v) is 4.14. The molecule has 0 saturated heterocycles. The molecule has 0 aliphatic heterocycles. The highest BCUT2D eigenvalue weighted by Crippen LogP contribution is 2.46. The lowest BCUT2D eigenvalue weighted by atomic mass is 9.72. The van der Waals surface area contributed by atoms with Crippen LogP contribution in [-0.4, -0.2) is 18.9 Å². The smallest absolute Gasteiger partial charge is 0.324 e. The molecule has 0 aromatic heterocycles. The molecule has 24 heavy (non-hydrogen) atoms. The largest absolute Gasteiger partial charge is 0.468 e. The van der Waals surface area contributed by atoms with Crippen LogP contribution >= 0.6 is 23.2 Å². The van der Waals surface area contributed by atoms with Crippen molar-refractivity contribution in [3.8, 4) is 12.1 Å². The molecule has 1 aliphatic rings. The minimum atomic E-state index is -1.80. The van der Waals surface area contributed by atoms with Crippen LogP contribution in [0.15, 0.2) is 35.9 Å². The maximum atomic E-state index is 12.5. The van der Waals surface area contributed by atoms with Crippen molar-refractivity contribution in [1.82, 2.24) is 0 Å². The standard InChI is InChI=1S/C17H10Cl2N2O3/c1-24-16(23)17(4-2-3-14(17)22)15(11(8-20)9-21)10-5-12(18)7-13(19)6-10/h2-3,5-7H,4H2,1H3. The van der Waals surface area contributed by atoms with Gasteiger partial charge in [0.25, 0.3) is 0 Å². The van der Waals surface area contributed by atoms with Gasteiger partial charge in [0, 0.05) is 15.6 Å². The Hall–Kier alpha value is -2.60. The molecule has 0 radical (unpaired) electrons. The van der Waals surface area contributed by atoms with Crippen LogP contribution < -0.4 is 0 Å². The summed E-state index contributed by atoms with van der Waals surface area (Å²) in [5.41, 5.74) is -1.99. The molecule has 1 atom stereocenters. The number of ether oxygens (including phenoxy) is 1. The minimum absolute atomic E-state index is 0.0230. The quantitative estimate of drug-likeness (QED) is 0.467. The van der Waals surface area contributed by atoms with Crippen LogP contribution in [0.4, 0.5) is 0 Å². The number of halogens is 2. The molecular weight excluding hydrogens is 351 g/mol. The van der Waals surface area contributed by atoms with Crippen LogP contribution in [0.25, 0.3) is 5.57 Å². The Morgan fingerprint density at radius 2 is 1.79 bits per heavy atom. The van der Waals surface area contributed by atoms with Crippen LogP contribution in [0.5, 0.6) is 0 Å². The number of carbonyl (C=O) groups excluding carboxylic acids is 2. The summed E-state index contributed by atoms with van der Waals surface area (Å²) in [4.78, 5) is 25.0. The first kappa shape index (κ1) is 17.7. The second-order valence-corrected chi connectivity index (χ2v) is 5.87. The number of esters is 1. The predicted molar refractivity (Wildman–Crippen MR) is 87.8 cm³/mol. The van der Waals surface area contributed by atoms with E-state index in [0.717, 1.165) is 7.11 Å². The van der Waals surface area contributed by atoms with E-state index in [1.807, 2.05) is 0 Å². The van der Waals surface area contributed by atoms with Gasteiger partial charge in [-0.15, -0.1) is 0 Å². The Morgan fingerprint density at radius 3 is 2.21 bits per heavy atom. The number of rotatable bonds is 3. The zero-order valence-electron chi connectivity index (χ0n) is 12.5. The second kappa shape index (κ2) is 6.88. The number of benzene rings is 1. The van der Waals surface area contributed by atoms with Gasteiger partial charge in [0.1, 0.15) is 17.7 Å². The average Bonchev–Trinajstić information content (AvgIpc) is 2.92. The van der Waals surface area contributed by atoms with E-state index >= 15 is 0 Å². The predicted octanol–water partition coefficient (Wildman–Crippen LogP) is 3.48. The number of methoxy groups -OCH3 is 1. The third kappa shape index (κ3) is 2.80. The Kier molecular flexibility index (Phi) is 5.09. The van der Waals surface area contributed by atoms with Crippen LogP contribution in [0.2, 0.25) is 10.0 Å². The lowest BCUT2D eigenvalue weighted by molar-refractivity contribution is -0.151. The molecule has 1 aromatic rings. The summed E-state index contributed by atoms with van der Waals surface area (Å²) in [6.07, 6.45) is 2.71. The lowest BCUT2D eigenvalue weighted by Crippen LogP contribution is -2.38. The maximum absolute atomic E-state index is 12.5. The topological polar surface area (TPSA) is 90.9 Å². The van der Waals surface area contributed by atoms with E-state index in [9.17, 15) is 20.1 Å². The highest BCUT2D eigenvalue weighted by atomic mass is 35.5. The third-order valence-electron chi connectivity index (χ3n) is 3.70. The molecule has 2 rings (SSSR count). The second-order valence-electron chi connectivity index (χ2n) is 5.00. The highest BCUT2D eigenvalue weighted by molar-refractivity contribution is 6.35. The van der Waals surface area contributed by atoms with Crippen molar-refractivity contribution in [2.75, 3.05) is 7.11 Å². The van der Waals surface area contributed by atoms with Gasteiger partial charge in [0.05, 0.1) is 7.11 Å². The van der Waals surface area contributed by atoms with Crippen molar-refractivity contribution in [3.63, 3.8) is 0 Å². The number of hydrogen-bond donors (Lipinski definition) is 0. The van der Waals surface area contributed by atoms with E-state index in [1.165, 1.54) is 30.4 Å². The summed E-state index contributed by atoms with van der Waals surface area (Å²) in [5, 5.41) is 19.1. The normalized spacial score (nSPS) is 18.6. The van der Waals surface area contributed by atoms with Crippen molar-refractivity contribution in [1.29, 1.82) is 10.5 Å². The van der Waals surface area contributed by atoms with Crippen LogP contribution in [0, 0.1) is 28.1 Å². The van der Waals surface area contributed by atoms with Gasteiger partial charge in [-0.1, -0.05) is 29.3 Å². The fraction of sp³-hybridized carbons (Fsp3) is 0.176. The summed E-state index contributed by atoms with van der Waals surface area (Å²) < 4.78 is 4.79. The van der Waals surface area contributed by atoms with Crippen LogP contribution in [-0.2, 0) is 14.3 Å². The molecule has 1 aliphatic carbocycles. The van der Waals surface area contributed by atoms with E-state index < -0.39 is 17.2 Å². The van der Waals surface area contributed by atoms with Gasteiger partial charge in [-0.2, -0.15) is 10.5 Å². The lowest BCUT2D eigenvalue weighted by Gasteiger charge is -2.28. The van der Waals surface area contributed by atoms with Crippen molar-refractivity contribution in [2.45, 2.75) is 6.42 Å². The first-order valence-electron chi connectivity index (χ1n) is 6.71. The average molecular weight is 361 g/mol. The molecule has 0 fully saturated rings. The van der Waals surface area contributed by atoms with Gasteiger partial charge in [-0.05, 0) is 36.3 Å². The van der Waals surface area contributed by atoms with Gasteiger partial charge < -0.3 is 4.74 Å². The number of nitrogens with zero attached hydrogens (tertiary/aromatic N) is 2. The Balaban J connectivity index is 2.89. The molecule has 0 heterocycles. The molecule has 5 nitrogen and oxygen atoms in total. The first-order chi connectivity index (χ1) is 11.4. The highest BCUT2D eigenvalue weighted by Gasteiger charge is 2.52. The zero-order valence-corrected chi connectivity index (χ0v) is 14.0. The van der Waals surface area contributed by atoms with Crippen molar-refractivity contribution in [3.05, 3.63) is 51.5 Å². The van der Waals surface area contributed by atoms with E-state index in [1.54, 1.807) is 12.1 Å². The Labute approximate surface area is 148 Å². The maximum Gasteiger partial charge on any atom is 0.324 e. The van der Waals surface area contributed by atoms with E-state index in [4.69, 9.17) is 27.9 Å². The number of ketones is 1. The van der Waals surface area contributed by atoms with Gasteiger partial charge in [0.15, 0.2) is 11.2 Å². The molecule has 120 valence electrons. The van der Waals surface area contributed by atoms with Crippen molar-refractivity contribution >= 4 is 40.5 Å². The van der Waals surface area contributed by atoms with Crippen LogP contribution in [0.1, 0.15) is 12.0 Å². The van der Waals surface area contributed by atoms with Crippen molar-refractivity contribution < 1.29 is 14.3 Å². The molecule has 1 aromatic carbocycles. The number of nitriles is 2. The van der Waals surface area contributed by atoms with Gasteiger partial charge in [-0.25, -0.2) is 0 Å². The molecule has 0 amide bonds. The Morgan fingerprint density at radius 1 is 1.21 bits per heavy atom. The van der Waals surface area contributed by atoms with Gasteiger partial charge in [0.2, 0.25) is 0 Å². The molecule has 0 saturated carbocycles.